The fraction of sp³-hybridized carbons (Fsp3) is 0.0833. The molecule has 0 spiro atoms. The molecule has 2 N–H and O–H groups in total. The van der Waals surface area contributed by atoms with E-state index in [1.54, 1.807) is 24.4 Å². The quantitative estimate of drug-likeness (QED) is 0.669. The van der Waals surface area contributed by atoms with Gasteiger partial charge in [0.2, 0.25) is 0 Å². The van der Waals surface area contributed by atoms with E-state index in [9.17, 15) is 14.9 Å². The number of nitro groups is 1. The van der Waals surface area contributed by atoms with Crippen molar-refractivity contribution in [1.82, 2.24) is 10.3 Å². The van der Waals surface area contributed by atoms with Crippen molar-refractivity contribution in [2.75, 3.05) is 0 Å². The van der Waals surface area contributed by atoms with Crippen molar-refractivity contribution in [3.63, 3.8) is 0 Å². The summed E-state index contributed by atoms with van der Waals surface area (Å²) in [5, 5.41) is 13.3. The number of nitrogens with one attached hydrogen (secondary N) is 2. The molecule has 0 unspecified atom stereocenters. The van der Waals surface area contributed by atoms with Gasteiger partial charge in [-0.15, -0.1) is 0 Å². The van der Waals surface area contributed by atoms with E-state index >= 15 is 0 Å². The zero-order valence-electron chi connectivity index (χ0n) is 9.72. The fourth-order valence-corrected chi connectivity index (χ4v) is 1.90. The molecule has 0 radical (unpaired) electrons. The Morgan fingerprint density at radius 3 is 2.84 bits per heavy atom. The first-order valence-corrected chi connectivity index (χ1v) is 6.21. The van der Waals surface area contributed by atoms with E-state index in [1.165, 1.54) is 12.1 Å². The van der Waals surface area contributed by atoms with Crippen LogP contribution < -0.4 is 5.32 Å². The molecule has 1 aromatic carbocycles. The molecule has 0 saturated carbocycles. The maximum Gasteiger partial charge on any atom is 0.269 e. The van der Waals surface area contributed by atoms with Gasteiger partial charge in [-0.3, -0.25) is 14.9 Å². The van der Waals surface area contributed by atoms with E-state index in [0.29, 0.717) is 11.3 Å². The number of rotatable bonds is 4. The topological polar surface area (TPSA) is 88.0 Å². The average molecular weight is 324 g/mol. The molecule has 0 aliphatic rings. The minimum Gasteiger partial charge on any atom is -0.356 e. The Morgan fingerprint density at radius 2 is 2.21 bits per heavy atom. The van der Waals surface area contributed by atoms with Crippen molar-refractivity contribution in [3.05, 3.63) is 62.4 Å². The summed E-state index contributed by atoms with van der Waals surface area (Å²) >= 11 is 3.24. The number of benzene rings is 1. The van der Waals surface area contributed by atoms with E-state index in [2.05, 4.69) is 26.2 Å². The Kier molecular flexibility index (Phi) is 3.96. The van der Waals surface area contributed by atoms with Crippen LogP contribution in [0.1, 0.15) is 16.1 Å². The maximum absolute atomic E-state index is 11.8. The molecule has 0 saturated heterocycles. The number of carbonyl (C=O) groups is 1. The lowest BCUT2D eigenvalue weighted by atomic mass is 10.2. The summed E-state index contributed by atoms with van der Waals surface area (Å²) in [5.74, 6) is -0.266. The van der Waals surface area contributed by atoms with Gasteiger partial charge < -0.3 is 10.3 Å². The first-order chi connectivity index (χ1) is 9.06. The highest BCUT2D eigenvalue weighted by atomic mass is 79.9. The van der Waals surface area contributed by atoms with Gasteiger partial charge in [-0.05, 0) is 27.6 Å². The number of carbonyl (C=O) groups excluding carboxylic acids is 1. The van der Waals surface area contributed by atoms with Crippen LogP contribution in [-0.4, -0.2) is 15.8 Å². The zero-order valence-corrected chi connectivity index (χ0v) is 11.3. The van der Waals surface area contributed by atoms with Gasteiger partial charge >= 0.3 is 0 Å². The number of nitro benzene ring substituents is 1. The van der Waals surface area contributed by atoms with E-state index in [1.807, 2.05) is 0 Å². The molecule has 0 aliphatic heterocycles. The molecular formula is C12H10BrN3O3. The number of halogens is 1. The molecule has 0 fully saturated rings. The van der Waals surface area contributed by atoms with Gasteiger partial charge in [0.25, 0.3) is 11.6 Å². The second kappa shape index (κ2) is 5.66. The standard InChI is InChI=1S/C12H10BrN3O3/c13-9-5-11(14-7-9)12(17)15-6-8-2-1-3-10(4-8)16(18)19/h1-5,7,14H,6H2,(H,15,17). The summed E-state index contributed by atoms with van der Waals surface area (Å²) in [5.41, 5.74) is 1.11. The third-order valence-electron chi connectivity index (χ3n) is 2.47. The van der Waals surface area contributed by atoms with Crippen LogP contribution >= 0.6 is 15.9 Å². The second-order valence-corrected chi connectivity index (χ2v) is 4.76. The summed E-state index contributed by atoms with van der Waals surface area (Å²) in [6, 6.07) is 7.81. The largest absolute Gasteiger partial charge is 0.356 e. The Balaban J connectivity index is 2.01. The number of hydrogen-bond acceptors (Lipinski definition) is 3. The summed E-state index contributed by atoms with van der Waals surface area (Å²) in [6.45, 7) is 0.233. The van der Waals surface area contributed by atoms with Crippen LogP contribution in [0.3, 0.4) is 0 Å². The van der Waals surface area contributed by atoms with Crippen LogP contribution in [0.4, 0.5) is 5.69 Å². The van der Waals surface area contributed by atoms with Gasteiger partial charge in [0.15, 0.2) is 0 Å². The van der Waals surface area contributed by atoms with Crippen LogP contribution in [0.25, 0.3) is 0 Å². The van der Waals surface area contributed by atoms with Crippen LogP contribution in [0.2, 0.25) is 0 Å². The second-order valence-electron chi connectivity index (χ2n) is 3.84. The van der Waals surface area contributed by atoms with E-state index < -0.39 is 4.92 Å². The number of non-ortho nitro benzene ring substituents is 1. The zero-order chi connectivity index (χ0) is 13.8. The highest BCUT2D eigenvalue weighted by Crippen LogP contribution is 2.13. The Morgan fingerprint density at radius 1 is 1.42 bits per heavy atom. The van der Waals surface area contributed by atoms with Crippen molar-refractivity contribution < 1.29 is 9.72 Å². The minimum atomic E-state index is -0.465. The molecule has 7 heteroatoms. The molecule has 98 valence electrons. The highest BCUT2D eigenvalue weighted by Gasteiger charge is 2.09. The number of nitrogens with zero attached hydrogens (tertiary/aromatic N) is 1. The van der Waals surface area contributed by atoms with Gasteiger partial charge in [0.05, 0.1) is 4.92 Å². The summed E-state index contributed by atoms with van der Waals surface area (Å²) < 4.78 is 0.785. The van der Waals surface area contributed by atoms with Crippen molar-refractivity contribution in [2.24, 2.45) is 0 Å². The third kappa shape index (κ3) is 3.41. The first kappa shape index (κ1) is 13.3. The number of amides is 1. The molecule has 0 aliphatic carbocycles. The van der Waals surface area contributed by atoms with Gasteiger partial charge in [-0.25, -0.2) is 0 Å². The SMILES string of the molecule is O=C(NCc1cccc([N+](=O)[O-])c1)c1cc(Br)c[nH]1. The van der Waals surface area contributed by atoms with E-state index in [4.69, 9.17) is 0 Å². The van der Waals surface area contributed by atoms with Crippen molar-refractivity contribution in [1.29, 1.82) is 0 Å². The number of aromatic amines is 1. The summed E-state index contributed by atoms with van der Waals surface area (Å²) in [7, 11) is 0. The third-order valence-corrected chi connectivity index (χ3v) is 2.92. The molecule has 2 aromatic rings. The maximum atomic E-state index is 11.8. The summed E-state index contributed by atoms with van der Waals surface area (Å²) in [6.07, 6.45) is 1.66. The van der Waals surface area contributed by atoms with Crippen molar-refractivity contribution in [3.8, 4) is 0 Å². The van der Waals surface area contributed by atoms with Gasteiger partial charge in [0.1, 0.15) is 5.69 Å². The number of H-pyrrole nitrogens is 1. The molecule has 19 heavy (non-hydrogen) atoms. The van der Waals surface area contributed by atoms with Gasteiger partial charge in [0, 0.05) is 29.3 Å². The van der Waals surface area contributed by atoms with Crippen LogP contribution in [0, 0.1) is 10.1 Å². The normalized spacial score (nSPS) is 10.2. The molecule has 6 nitrogen and oxygen atoms in total. The number of aromatic nitrogens is 1. The fourth-order valence-electron chi connectivity index (χ4n) is 1.56. The molecule has 1 amide bonds. The lowest BCUT2D eigenvalue weighted by Gasteiger charge is -2.03. The minimum absolute atomic E-state index is 0.00867. The molecular weight excluding hydrogens is 314 g/mol. The molecule has 1 aromatic heterocycles. The number of hydrogen-bond donors (Lipinski definition) is 2. The van der Waals surface area contributed by atoms with Gasteiger partial charge in [-0.2, -0.15) is 0 Å². The Labute approximate surface area is 117 Å². The molecule has 0 atom stereocenters. The van der Waals surface area contributed by atoms with Crippen LogP contribution in [0.5, 0.6) is 0 Å². The molecule has 1 heterocycles. The predicted molar refractivity (Wildman–Crippen MR) is 72.8 cm³/mol. The Hall–Kier alpha value is -2.15. The van der Waals surface area contributed by atoms with Crippen LogP contribution in [0.15, 0.2) is 41.0 Å². The smallest absolute Gasteiger partial charge is 0.269 e. The molecule has 0 bridgehead atoms. The lowest BCUT2D eigenvalue weighted by Crippen LogP contribution is -2.23. The predicted octanol–water partition coefficient (Wildman–Crippen LogP) is 2.62. The van der Waals surface area contributed by atoms with Gasteiger partial charge in [-0.1, -0.05) is 12.1 Å². The summed E-state index contributed by atoms with van der Waals surface area (Å²) in [4.78, 5) is 24.7. The van der Waals surface area contributed by atoms with Crippen molar-refractivity contribution >= 4 is 27.5 Å². The lowest BCUT2D eigenvalue weighted by molar-refractivity contribution is -0.384. The monoisotopic (exact) mass is 323 g/mol. The van der Waals surface area contributed by atoms with E-state index in [-0.39, 0.29) is 18.1 Å². The Bertz CT molecular complexity index is 624. The van der Waals surface area contributed by atoms with E-state index in [0.717, 1.165) is 4.47 Å². The molecule has 2 rings (SSSR count). The highest BCUT2D eigenvalue weighted by molar-refractivity contribution is 9.10. The van der Waals surface area contributed by atoms with Crippen molar-refractivity contribution in [2.45, 2.75) is 6.54 Å². The van der Waals surface area contributed by atoms with Crippen LogP contribution in [-0.2, 0) is 6.54 Å². The first-order valence-electron chi connectivity index (χ1n) is 5.42. The average Bonchev–Trinajstić information content (AvgIpc) is 2.83.